The molecule has 2 heterocycles. The van der Waals surface area contributed by atoms with E-state index in [1.807, 2.05) is 13.8 Å². The molecule has 6 heteroatoms. The maximum atomic E-state index is 11.3. The molecule has 2 aromatic rings. The number of methoxy groups -OCH3 is 1. The van der Waals surface area contributed by atoms with Crippen molar-refractivity contribution in [2.75, 3.05) is 7.11 Å². The summed E-state index contributed by atoms with van der Waals surface area (Å²) in [6.07, 6.45) is 3.19. The number of carbonyl (C=O) groups is 1. The summed E-state index contributed by atoms with van der Waals surface area (Å²) in [5.74, 6) is 1.04. The largest absolute Gasteiger partial charge is 0.465 e. The van der Waals surface area contributed by atoms with Crippen molar-refractivity contribution in [1.82, 2.24) is 15.3 Å². The Bertz CT molecular complexity index is 578. The van der Waals surface area contributed by atoms with Gasteiger partial charge in [0.25, 0.3) is 0 Å². The number of nitrogens with zero attached hydrogens (tertiary/aromatic N) is 2. The van der Waals surface area contributed by atoms with Crippen molar-refractivity contribution in [2.24, 2.45) is 0 Å². The van der Waals surface area contributed by atoms with Gasteiger partial charge in [0, 0.05) is 12.7 Å². The van der Waals surface area contributed by atoms with E-state index in [1.165, 1.54) is 13.3 Å². The van der Waals surface area contributed by atoms with Crippen LogP contribution in [0.2, 0.25) is 0 Å². The maximum absolute atomic E-state index is 11.3. The molecule has 1 atom stereocenters. The first-order valence-electron chi connectivity index (χ1n) is 6.29. The average Bonchev–Trinajstić information content (AvgIpc) is 2.91. The number of rotatable bonds is 5. The van der Waals surface area contributed by atoms with Gasteiger partial charge in [-0.25, -0.2) is 9.78 Å². The summed E-state index contributed by atoms with van der Waals surface area (Å²) in [7, 11) is 1.35. The number of oxazole rings is 1. The third-order valence-electron chi connectivity index (χ3n) is 2.84. The van der Waals surface area contributed by atoms with Crippen molar-refractivity contribution < 1.29 is 13.9 Å². The number of carbonyl (C=O) groups excluding carboxylic acids is 1. The lowest BCUT2D eigenvalue weighted by Gasteiger charge is -2.09. The number of esters is 1. The van der Waals surface area contributed by atoms with Crippen molar-refractivity contribution >= 4 is 5.97 Å². The van der Waals surface area contributed by atoms with E-state index in [1.54, 1.807) is 18.3 Å². The molecule has 1 N–H and O–H groups in total. The number of nitrogens with one attached hydrogen (secondary N) is 1. The Labute approximate surface area is 117 Å². The smallest absolute Gasteiger partial charge is 0.339 e. The van der Waals surface area contributed by atoms with Gasteiger partial charge >= 0.3 is 5.97 Å². The average molecular weight is 275 g/mol. The summed E-state index contributed by atoms with van der Waals surface area (Å²) >= 11 is 0. The summed E-state index contributed by atoms with van der Waals surface area (Å²) in [6, 6.07) is 3.47. The SMILES string of the molecule is COC(=O)c1ccc(CNC(C)c2ncc(C)o2)nc1. The molecule has 0 fully saturated rings. The molecule has 20 heavy (non-hydrogen) atoms. The van der Waals surface area contributed by atoms with Gasteiger partial charge in [0.05, 0.1) is 30.6 Å². The maximum Gasteiger partial charge on any atom is 0.339 e. The van der Waals surface area contributed by atoms with Crippen LogP contribution in [-0.2, 0) is 11.3 Å². The molecule has 0 saturated heterocycles. The van der Waals surface area contributed by atoms with Gasteiger partial charge in [-0.3, -0.25) is 4.98 Å². The predicted octanol–water partition coefficient (Wildman–Crippen LogP) is 2.02. The zero-order chi connectivity index (χ0) is 14.5. The van der Waals surface area contributed by atoms with Gasteiger partial charge in [0.15, 0.2) is 0 Å². The second kappa shape index (κ2) is 6.29. The predicted molar refractivity (Wildman–Crippen MR) is 72.1 cm³/mol. The van der Waals surface area contributed by atoms with Gasteiger partial charge in [-0.2, -0.15) is 0 Å². The molecule has 0 aliphatic heterocycles. The van der Waals surface area contributed by atoms with E-state index in [0.29, 0.717) is 18.0 Å². The van der Waals surface area contributed by atoms with Crippen LogP contribution in [0, 0.1) is 6.92 Å². The highest BCUT2D eigenvalue weighted by Crippen LogP contribution is 2.12. The number of hydrogen-bond acceptors (Lipinski definition) is 6. The lowest BCUT2D eigenvalue weighted by atomic mass is 10.2. The quantitative estimate of drug-likeness (QED) is 0.841. The van der Waals surface area contributed by atoms with Crippen molar-refractivity contribution in [1.29, 1.82) is 0 Å². The lowest BCUT2D eigenvalue weighted by Crippen LogP contribution is -2.19. The van der Waals surface area contributed by atoms with Crippen molar-refractivity contribution in [2.45, 2.75) is 26.4 Å². The first-order chi connectivity index (χ1) is 9.60. The second-order valence-corrected chi connectivity index (χ2v) is 4.44. The summed E-state index contributed by atoms with van der Waals surface area (Å²) in [5.41, 5.74) is 1.26. The van der Waals surface area contributed by atoms with Gasteiger partial charge in [0.1, 0.15) is 5.76 Å². The van der Waals surface area contributed by atoms with Gasteiger partial charge in [0.2, 0.25) is 5.89 Å². The van der Waals surface area contributed by atoms with E-state index in [0.717, 1.165) is 11.5 Å². The molecule has 0 aliphatic carbocycles. The first-order valence-corrected chi connectivity index (χ1v) is 6.29. The Hall–Kier alpha value is -2.21. The number of aromatic nitrogens is 2. The monoisotopic (exact) mass is 275 g/mol. The Morgan fingerprint density at radius 3 is 2.75 bits per heavy atom. The Balaban J connectivity index is 1.92. The molecule has 0 aliphatic rings. The molecule has 2 aromatic heterocycles. The first kappa shape index (κ1) is 14.2. The van der Waals surface area contributed by atoms with Crippen molar-refractivity contribution in [3.8, 4) is 0 Å². The molecule has 0 bridgehead atoms. The van der Waals surface area contributed by atoms with Crippen LogP contribution in [-0.4, -0.2) is 23.0 Å². The third-order valence-corrected chi connectivity index (χ3v) is 2.84. The van der Waals surface area contributed by atoms with Gasteiger partial charge < -0.3 is 14.5 Å². The Morgan fingerprint density at radius 2 is 2.20 bits per heavy atom. The molecule has 106 valence electrons. The normalized spacial score (nSPS) is 12.2. The fraction of sp³-hybridized carbons (Fsp3) is 0.357. The zero-order valence-electron chi connectivity index (χ0n) is 11.7. The van der Waals surface area contributed by atoms with Crippen LogP contribution >= 0.6 is 0 Å². The minimum atomic E-state index is -0.388. The van der Waals surface area contributed by atoms with Crippen LogP contribution in [0.3, 0.4) is 0 Å². The van der Waals surface area contributed by atoms with Gasteiger partial charge in [-0.1, -0.05) is 0 Å². The van der Waals surface area contributed by atoms with Crippen LogP contribution < -0.4 is 5.32 Å². The molecule has 0 spiro atoms. The molecule has 0 saturated carbocycles. The number of pyridine rings is 1. The highest BCUT2D eigenvalue weighted by Gasteiger charge is 2.11. The van der Waals surface area contributed by atoms with E-state index >= 15 is 0 Å². The van der Waals surface area contributed by atoms with E-state index in [4.69, 9.17) is 4.42 Å². The summed E-state index contributed by atoms with van der Waals surface area (Å²) < 4.78 is 10.1. The minimum absolute atomic E-state index is 0.00853. The lowest BCUT2D eigenvalue weighted by molar-refractivity contribution is 0.0600. The summed E-state index contributed by atoms with van der Waals surface area (Å²) in [5, 5.41) is 3.26. The summed E-state index contributed by atoms with van der Waals surface area (Å²) in [4.78, 5) is 19.6. The summed E-state index contributed by atoms with van der Waals surface area (Å²) in [6.45, 7) is 4.38. The van der Waals surface area contributed by atoms with Crippen LogP contribution in [0.4, 0.5) is 0 Å². The van der Waals surface area contributed by atoms with Crippen LogP contribution in [0.5, 0.6) is 0 Å². The third kappa shape index (κ3) is 3.42. The van der Waals surface area contributed by atoms with Crippen molar-refractivity contribution in [3.63, 3.8) is 0 Å². The second-order valence-electron chi connectivity index (χ2n) is 4.44. The van der Waals surface area contributed by atoms with Gasteiger partial charge in [-0.05, 0) is 26.0 Å². The van der Waals surface area contributed by atoms with Crippen LogP contribution in [0.15, 0.2) is 28.9 Å². The number of ether oxygens (including phenoxy) is 1. The van der Waals surface area contributed by atoms with E-state index in [2.05, 4.69) is 20.0 Å². The van der Waals surface area contributed by atoms with Crippen LogP contribution in [0.25, 0.3) is 0 Å². The number of aryl methyl sites for hydroxylation is 1. The molecule has 0 amide bonds. The molecule has 1 unspecified atom stereocenters. The minimum Gasteiger partial charge on any atom is -0.465 e. The van der Waals surface area contributed by atoms with Crippen LogP contribution in [0.1, 0.15) is 40.7 Å². The number of hydrogen-bond donors (Lipinski definition) is 1. The highest BCUT2D eigenvalue weighted by molar-refractivity contribution is 5.88. The fourth-order valence-corrected chi connectivity index (χ4v) is 1.68. The molecule has 6 nitrogen and oxygen atoms in total. The molecular weight excluding hydrogens is 258 g/mol. The topological polar surface area (TPSA) is 77.2 Å². The molecule has 2 rings (SSSR count). The van der Waals surface area contributed by atoms with E-state index < -0.39 is 0 Å². The standard InChI is InChI=1S/C14H17N3O3/c1-9-6-17-13(20-9)10(2)15-8-12-5-4-11(7-16-12)14(18)19-3/h4-7,10,15H,8H2,1-3H3. The Kier molecular flexibility index (Phi) is 4.47. The highest BCUT2D eigenvalue weighted by atomic mass is 16.5. The molecule has 0 aromatic carbocycles. The van der Waals surface area contributed by atoms with Crippen molar-refractivity contribution in [3.05, 3.63) is 47.4 Å². The zero-order valence-corrected chi connectivity index (χ0v) is 11.7. The molecular formula is C14H17N3O3. The molecule has 0 radical (unpaired) electrons. The Morgan fingerprint density at radius 1 is 1.40 bits per heavy atom. The van der Waals surface area contributed by atoms with E-state index in [9.17, 15) is 4.79 Å². The fourth-order valence-electron chi connectivity index (χ4n) is 1.68. The van der Waals surface area contributed by atoms with Gasteiger partial charge in [-0.15, -0.1) is 0 Å². The van der Waals surface area contributed by atoms with E-state index in [-0.39, 0.29) is 12.0 Å².